The molecule has 0 saturated carbocycles. The van der Waals surface area contributed by atoms with Crippen molar-refractivity contribution in [1.82, 2.24) is 5.16 Å². The maximum Gasteiger partial charge on any atom is 0.374 e. The van der Waals surface area contributed by atoms with Crippen LogP contribution < -0.4 is 4.74 Å². The van der Waals surface area contributed by atoms with Gasteiger partial charge in [-0.05, 0) is 32.0 Å². The second-order valence-electron chi connectivity index (χ2n) is 4.92. The fourth-order valence-electron chi connectivity index (χ4n) is 2.21. The summed E-state index contributed by atoms with van der Waals surface area (Å²) in [6.45, 7) is 3.62. The number of fused-ring (bicyclic) bond motifs is 1. The SMILES string of the molecule is COc1ccc2oc(C(=O)OCc3cc(C)on3)c(C)c2c1. The lowest BCUT2D eigenvalue weighted by molar-refractivity contribution is 0.0429. The molecule has 114 valence electrons. The summed E-state index contributed by atoms with van der Waals surface area (Å²) in [5, 5.41) is 4.59. The number of furan rings is 1. The highest BCUT2D eigenvalue weighted by Gasteiger charge is 2.20. The first-order valence-electron chi connectivity index (χ1n) is 6.75. The van der Waals surface area contributed by atoms with Crippen LogP contribution in [0.5, 0.6) is 5.75 Å². The Balaban J connectivity index is 1.82. The molecule has 3 aromatic rings. The largest absolute Gasteiger partial charge is 0.497 e. The zero-order valence-corrected chi connectivity index (χ0v) is 12.5. The van der Waals surface area contributed by atoms with E-state index < -0.39 is 5.97 Å². The second kappa shape index (κ2) is 5.55. The Morgan fingerprint density at radius 3 is 2.77 bits per heavy atom. The third kappa shape index (κ3) is 2.55. The van der Waals surface area contributed by atoms with Crippen LogP contribution in [0.4, 0.5) is 0 Å². The lowest BCUT2D eigenvalue weighted by Gasteiger charge is -2.00. The Hall–Kier alpha value is -2.76. The number of methoxy groups -OCH3 is 1. The molecule has 0 aliphatic heterocycles. The molecular formula is C16H15NO5. The molecule has 0 saturated heterocycles. The van der Waals surface area contributed by atoms with E-state index in [-0.39, 0.29) is 12.4 Å². The van der Waals surface area contributed by atoms with Crippen molar-refractivity contribution in [3.63, 3.8) is 0 Å². The molecule has 6 heteroatoms. The Bertz CT molecular complexity index is 830. The number of carbonyl (C=O) groups is 1. The van der Waals surface area contributed by atoms with Gasteiger partial charge in [-0.15, -0.1) is 0 Å². The normalized spacial score (nSPS) is 10.9. The Morgan fingerprint density at radius 2 is 2.09 bits per heavy atom. The van der Waals surface area contributed by atoms with E-state index in [9.17, 15) is 4.79 Å². The molecule has 0 bridgehead atoms. The predicted molar refractivity (Wildman–Crippen MR) is 77.9 cm³/mol. The summed E-state index contributed by atoms with van der Waals surface area (Å²) in [6, 6.07) is 7.08. The van der Waals surface area contributed by atoms with Crippen molar-refractivity contribution in [2.45, 2.75) is 20.5 Å². The van der Waals surface area contributed by atoms with Gasteiger partial charge in [-0.3, -0.25) is 0 Å². The average Bonchev–Trinajstić information content (AvgIpc) is 3.08. The van der Waals surface area contributed by atoms with E-state index in [2.05, 4.69) is 5.16 Å². The van der Waals surface area contributed by atoms with Crippen LogP contribution in [0.3, 0.4) is 0 Å². The maximum atomic E-state index is 12.2. The summed E-state index contributed by atoms with van der Waals surface area (Å²) >= 11 is 0. The van der Waals surface area contributed by atoms with Crippen LogP contribution >= 0.6 is 0 Å². The molecule has 0 amide bonds. The number of carbonyl (C=O) groups excluding carboxylic acids is 1. The monoisotopic (exact) mass is 301 g/mol. The van der Waals surface area contributed by atoms with Gasteiger partial charge in [0.15, 0.2) is 0 Å². The molecule has 0 radical (unpaired) electrons. The van der Waals surface area contributed by atoms with Gasteiger partial charge in [-0.25, -0.2) is 4.79 Å². The van der Waals surface area contributed by atoms with Crippen LogP contribution in [0.1, 0.15) is 27.6 Å². The zero-order valence-electron chi connectivity index (χ0n) is 12.5. The molecule has 3 rings (SSSR count). The van der Waals surface area contributed by atoms with E-state index in [1.165, 1.54) is 0 Å². The van der Waals surface area contributed by atoms with Crippen molar-refractivity contribution >= 4 is 16.9 Å². The summed E-state index contributed by atoms with van der Waals surface area (Å²) in [5.41, 5.74) is 1.89. The molecular weight excluding hydrogens is 286 g/mol. The number of rotatable bonds is 4. The van der Waals surface area contributed by atoms with Gasteiger partial charge < -0.3 is 18.4 Å². The number of aryl methyl sites for hydroxylation is 2. The minimum atomic E-state index is -0.534. The van der Waals surface area contributed by atoms with Crippen molar-refractivity contribution in [3.05, 3.63) is 47.0 Å². The highest BCUT2D eigenvalue weighted by molar-refractivity contribution is 5.96. The smallest absolute Gasteiger partial charge is 0.374 e. The van der Waals surface area contributed by atoms with Gasteiger partial charge in [0.2, 0.25) is 5.76 Å². The van der Waals surface area contributed by atoms with Crippen LogP contribution in [0, 0.1) is 13.8 Å². The van der Waals surface area contributed by atoms with Gasteiger partial charge in [0, 0.05) is 17.0 Å². The Labute approximate surface area is 126 Å². The van der Waals surface area contributed by atoms with Gasteiger partial charge in [-0.2, -0.15) is 0 Å². The van der Waals surface area contributed by atoms with Gasteiger partial charge in [0.1, 0.15) is 29.4 Å². The second-order valence-corrected chi connectivity index (χ2v) is 4.92. The van der Waals surface area contributed by atoms with Gasteiger partial charge in [0.05, 0.1) is 7.11 Å². The number of hydrogen-bond donors (Lipinski definition) is 0. The fourth-order valence-corrected chi connectivity index (χ4v) is 2.21. The molecule has 2 aromatic heterocycles. The molecule has 0 aliphatic carbocycles. The van der Waals surface area contributed by atoms with E-state index >= 15 is 0 Å². The van der Waals surface area contributed by atoms with E-state index in [1.807, 2.05) is 13.0 Å². The summed E-state index contributed by atoms with van der Waals surface area (Å²) in [4.78, 5) is 12.2. The fraction of sp³-hybridized carbons (Fsp3) is 0.250. The summed E-state index contributed by atoms with van der Waals surface area (Å²) in [7, 11) is 1.59. The molecule has 2 heterocycles. The highest BCUT2D eigenvalue weighted by Crippen LogP contribution is 2.29. The average molecular weight is 301 g/mol. The third-order valence-corrected chi connectivity index (χ3v) is 3.36. The van der Waals surface area contributed by atoms with Gasteiger partial charge >= 0.3 is 5.97 Å². The van der Waals surface area contributed by atoms with Crippen molar-refractivity contribution < 1.29 is 23.2 Å². The molecule has 6 nitrogen and oxygen atoms in total. The molecule has 0 N–H and O–H groups in total. The van der Waals surface area contributed by atoms with Crippen LogP contribution in [-0.2, 0) is 11.3 Å². The summed E-state index contributed by atoms with van der Waals surface area (Å²) < 4.78 is 20.9. The van der Waals surface area contributed by atoms with Crippen LogP contribution in [0.15, 0.2) is 33.2 Å². The number of esters is 1. The molecule has 0 aliphatic rings. The van der Waals surface area contributed by atoms with Gasteiger partial charge in [-0.1, -0.05) is 5.16 Å². The van der Waals surface area contributed by atoms with E-state index in [1.54, 1.807) is 32.2 Å². The minimum Gasteiger partial charge on any atom is -0.497 e. The van der Waals surface area contributed by atoms with Crippen molar-refractivity contribution in [1.29, 1.82) is 0 Å². The molecule has 22 heavy (non-hydrogen) atoms. The number of ether oxygens (including phenoxy) is 2. The number of benzene rings is 1. The molecule has 0 fully saturated rings. The molecule has 0 spiro atoms. The van der Waals surface area contributed by atoms with E-state index in [4.69, 9.17) is 18.4 Å². The van der Waals surface area contributed by atoms with Crippen molar-refractivity contribution in [2.75, 3.05) is 7.11 Å². The number of nitrogens with zero attached hydrogens (tertiary/aromatic N) is 1. The summed E-state index contributed by atoms with van der Waals surface area (Å²) in [5.74, 6) is 1.02. The van der Waals surface area contributed by atoms with E-state index in [0.717, 1.165) is 10.9 Å². The standard InChI is InChI=1S/C16H15NO5/c1-9-6-11(17-22-9)8-20-16(18)15-10(2)13-7-12(19-3)4-5-14(13)21-15/h4-7H,8H2,1-3H3. The first-order valence-corrected chi connectivity index (χ1v) is 6.75. The van der Waals surface area contributed by atoms with Crippen LogP contribution in [-0.4, -0.2) is 18.2 Å². The maximum absolute atomic E-state index is 12.2. The molecule has 0 unspecified atom stereocenters. The lowest BCUT2D eigenvalue weighted by Crippen LogP contribution is -2.05. The first kappa shape index (κ1) is 14.2. The quantitative estimate of drug-likeness (QED) is 0.687. The van der Waals surface area contributed by atoms with Crippen LogP contribution in [0.25, 0.3) is 11.0 Å². The van der Waals surface area contributed by atoms with Crippen molar-refractivity contribution in [2.24, 2.45) is 0 Å². The zero-order chi connectivity index (χ0) is 15.7. The summed E-state index contributed by atoms with van der Waals surface area (Å²) in [6.07, 6.45) is 0. The number of hydrogen-bond acceptors (Lipinski definition) is 6. The predicted octanol–water partition coefficient (Wildman–Crippen LogP) is 3.40. The van der Waals surface area contributed by atoms with Crippen LogP contribution in [0.2, 0.25) is 0 Å². The molecule has 0 atom stereocenters. The topological polar surface area (TPSA) is 74.7 Å². The van der Waals surface area contributed by atoms with E-state index in [0.29, 0.717) is 22.8 Å². The first-order chi connectivity index (χ1) is 10.6. The molecule has 1 aromatic carbocycles. The Kier molecular flexibility index (Phi) is 3.58. The third-order valence-electron chi connectivity index (χ3n) is 3.36. The lowest BCUT2D eigenvalue weighted by atomic mass is 10.1. The van der Waals surface area contributed by atoms with Crippen molar-refractivity contribution in [3.8, 4) is 5.75 Å². The van der Waals surface area contributed by atoms with Gasteiger partial charge in [0.25, 0.3) is 0 Å². The Morgan fingerprint density at radius 1 is 1.27 bits per heavy atom. The highest BCUT2D eigenvalue weighted by atomic mass is 16.5. The number of aromatic nitrogens is 1. The minimum absolute atomic E-state index is 0.0377.